The number of nitrogens with one attached hydrogen (secondary N) is 1. The molecule has 0 bridgehead atoms. The van der Waals surface area contributed by atoms with Gasteiger partial charge in [-0.25, -0.2) is 8.42 Å². The van der Waals surface area contributed by atoms with Gasteiger partial charge in [0.2, 0.25) is 10.0 Å². The lowest BCUT2D eigenvalue weighted by Crippen LogP contribution is -2.52. The van der Waals surface area contributed by atoms with Crippen LogP contribution in [0.4, 0.5) is 0 Å². The van der Waals surface area contributed by atoms with Crippen molar-refractivity contribution in [2.45, 2.75) is 38.3 Å². The van der Waals surface area contributed by atoms with Gasteiger partial charge in [0.05, 0.1) is 0 Å². The van der Waals surface area contributed by atoms with Gasteiger partial charge in [-0.15, -0.1) is 11.3 Å². The third-order valence-corrected chi connectivity index (χ3v) is 7.37. The highest BCUT2D eigenvalue weighted by Crippen LogP contribution is 2.30. The fourth-order valence-electron chi connectivity index (χ4n) is 2.56. The van der Waals surface area contributed by atoms with Crippen molar-refractivity contribution < 1.29 is 8.42 Å². The molecule has 1 N–H and O–H groups in total. The minimum Gasteiger partial charge on any atom is -0.312 e. The largest absolute Gasteiger partial charge is 0.312 e. The third kappa shape index (κ3) is 3.48. The van der Waals surface area contributed by atoms with E-state index in [1.807, 2.05) is 26.3 Å². The average molecular weight is 332 g/mol. The molecule has 0 aromatic carbocycles. The van der Waals surface area contributed by atoms with Crippen LogP contribution in [0.15, 0.2) is 10.3 Å². The van der Waals surface area contributed by atoms with E-state index in [9.17, 15) is 8.42 Å². The number of hydrogen-bond donors (Lipinski definition) is 1. The van der Waals surface area contributed by atoms with Crippen molar-refractivity contribution in [1.29, 1.82) is 0 Å². The second-order valence-electron chi connectivity index (χ2n) is 5.64. The van der Waals surface area contributed by atoms with Crippen molar-refractivity contribution in [2.24, 2.45) is 0 Å². The molecule has 2 heterocycles. The highest BCUT2D eigenvalue weighted by atomic mass is 32.2. The van der Waals surface area contributed by atoms with Crippen LogP contribution >= 0.6 is 11.3 Å². The molecule has 0 aliphatic carbocycles. The van der Waals surface area contributed by atoms with Gasteiger partial charge in [-0.05, 0) is 38.4 Å². The van der Waals surface area contributed by atoms with E-state index in [2.05, 4.69) is 17.1 Å². The first kappa shape index (κ1) is 16.9. The molecule has 0 amide bonds. The number of thiophene rings is 1. The summed E-state index contributed by atoms with van der Waals surface area (Å²) in [6, 6.07) is 0.254. The topological polar surface area (TPSA) is 52.7 Å². The lowest BCUT2D eigenvalue weighted by molar-refractivity contribution is 0.159. The van der Waals surface area contributed by atoms with Crippen LogP contribution in [-0.4, -0.2) is 56.9 Å². The Morgan fingerprint density at radius 1 is 1.43 bits per heavy atom. The van der Waals surface area contributed by atoms with Crippen molar-refractivity contribution in [1.82, 2.24) is 14.5 Å². The molecule has 1 atom stereocenters. The predicted molar refractivity (Wildman–Crippen MR) is 87.3 cm³/mol. The zero-order valence-corrected chi connectivity index (χ0v) is 14.9. The highest BCUT2D eigenvalue weighted by molar-refractivity contribution is 7.89. The predicted octanol–water partition coefficient (Wildman–Crippen LogP) is 1.49. The van der Waals surface area contributed by atoms with E-state index in [4.69, 9.17) is 0 Å². The summed E-state index contributed by atoms with van der Waals surface area (Å²) in [7, 11) is -1.35. The zero-order chi connectivity index (χ0) is 15.6. The van der Waals surface area contributed by atoms with Crippen molar-refractivity contribution in [3.8, 4) is 0 Å². The van der Waals surface area contributed by atoms with Gasteiger partial charge in [-0.1, -0.05) is 6.92 Å². The van der Waals surface area contributed by atoms with Crippen LogP contribution in [0.2, 0.25) is 0 Å². The minimum absolute atomic E-state index is 0.254. The molecule has 21 heavy (non-hydrogen) atoms. The second kappa shape index (κ2) is 6.75. The molecule has 7 heteroatoms. The van der Waals surface area contributed by atoms with Crippen LogP contribution in [0.1, 0.15) is 24.3 Å². The van der Waals surface area contributed by atoms with Gasteiger partial charge < -0.3 is 10.2 Å². The molecule has 0 spiro atoms. The Balaban J connectivity index is 2.29. The maximum absolute atomic E-state index is 13.0. The standard InChI is InChI=1S/C14H25N3O2S2/c1-5-15-8-13-14(11(2)10-20-13)21(18,19)17-7-6-16(4)12(3)9-17/h10,12,15H,5-9H2,1-4H3. The van der Waals surface area contributed by atoms with E-state index in [1.165, 1.54) is 11.3 Å². The molecule has 1 unspecified atom stereocenters. The molecule has 1 saturated heterocycles. The first-order valence-electron chi connectivity index (χ1n) is 7.36. The summed E-state index contributed by atoms with van der Waals surface area (Å²) in [5.74, 6) is 0. The molecular formula is C14H25N3O2S2. The maximum Gasteiger partial charge on any atom is 0.244 e. The molecule has 0 radical (unpaired) electrons. The Bertz CT molecular complexity index is 583. The maximum atomic E-state index is 13.0. The van der Waals surface area contributed by atoms with Gasteiger partial charge >= 0.3 is 0 Å². The fraction of sp³-hybridized carbons (Fsp3) is 0.714. The van der Waals surface area contributed by atoms with E-state index in [0.29, 0.717) is 24.5 Å². The summed E-state index contributed by atoms with van der Waals surface area (Å²) in [6.45, 7) is 9.35. The van der Waals surface area contributed by atoms with Crippen LogP contribution in [0.5, 0.6) is 0 Å². The van der Waals surface area contributed by atoms with Crippen molar-refractivity contribution in [3.63, 3.8) is 0 Å². The van der Waals surface area contributed by atoms with Crippen molar-refractivity contribution >= 4 is 21.4 Å². The molecular weight excluding hydrogens is 306 g/mol. The third-order valence-electron chi connectivity index (χ3n) is 4.05. The Morgan fingerprint density at radius 2 is 2.14 bits per heavy atom. The monoisotopic (exact) mass is 331 g/mol. The normalized spacial score (nSPS) is 21.8. The number of likely N-dealkylation sites (N-methyl/N-ethyl adjacent to an activating group) is 1. The quantitative estimate of drug-likeness (QED) is 0.888. The fourth-order valence-corrected chi connectivity index (χ4v) is 5.80. The number of rotatable bonds is 5. The first-order chi connectivity index (χ1) is 9.87. The van der Waals surface area contributed by atoms with Gasteiger partial charge in [0, 0.05) is 37.1 Å². The van der Waals surface area contributed by atoms with Crippen LogP contribution in [0.25, 0.3) is 0 Å². The summed E-state index contributed by atoms with van der Waals surface area (Å²) < 4.78 is 27.6. The summed E-state index contributed by atoms with van der Waals surface area (Å²) >= 11 is 1.53. The minimum atomic E-state index is -3.39. The summed E-state index contributed by atoms with van der Waals surface area (Å²) in [6.07, 6.45) is 0. The lowest BCUT2D eigenvalue weighted by Gasteiger charge is -2.37. The van der Waals surface area contributed by atoms with Gasteiger partial charge in [0.25, 0.3) is 0 Å². The second-order valence-corrected chi connectivity index (χ2v) is 8.48. The molecule has 5 nitrogen and oxygen atoms in total. The van der Waals surface area contributed by atoms with Crippen molar-refractivity contribution in [3.05, 3.63) is 15.8 Å². The molecule has 0 saturated carbocycles. The average Bonchev–Trinajstić information content (AvgIpc) is 2.81. The molecule has 1 aliphatic heterocycles. The summed E-state index contributed by atoms with van der Waals surface area (Å²) in [5.41, 5.74) is 0.861. The summed E-state index contributed by atoms with van der Waals surface area (Å²) in [5, 5.41) is 5.17. The number of hydrogen-bond acceptors (Lipinski definition) is 5. The molecule has 120 valence electrons. The zero-order valence-electron chi connectivity index (χ0n) is 13.2. The van der Waals surface area contributed by atoms with E-state index in [-0.39, 0.29) is 6.04 Å². The van der Waals surface area contributed by atoms with Gasteiger partial charge in [0.1, 0.15) is 4.90 Å². The smallest absolute Gasteiger partial charge is 0.244 e. The van der Waals surface area contributed by atoms with Crippen LogP contribution in [0, 0.1) is 6.92 Å². The van der Waals surface area contributed by atoms with Gasteiger partial charge in [-0.3, -0.25) is 0 Å². The van der Waals surface area contributed by atoms with Gasteiger partial charge in [-0.2, -0.15) is 4.31 Å². The van der Waals surface area contributed by atoms with Crippen LogP contribution < -0.4 is 5.32 Å². The Labute approximate surface area is 132 Å². The summed E-state index contributed by atoms with van der Waals surface area (Å²) in [4.78, 5) is 3.64. The van der Waals surface area contributed by atoms with Crippen molar-refractivity contribution in [2.75, 3.05) is 33.2 Å². The van der Waals surface area contributed by atoms with E-state index in [1.54, 1.807) is 4.31 Å². The van der Waals surface area contributed by atoms with Crippen LogP contribution in [0.3, 0.4) is 0 Å². The van der Waals surface area contributed by atoms with E-state index < -0.39 is 10.0 Å². The number of nitrogens with zero attached hydrogens (tertiary/aromatic N) is 2. The molecule has 1 aromatic heterocycles. The van der Waals surface area contributed by atoms with E-state index in [0.717, 1.165) is 23.5 Å². The van der Waals surface area contributed by atoms with Crippen LogP contribution in [-0.2, 0) is 16.6 Å². The lowest BCUT2D eigenvalue weighted by atomic mass is 10.2. The number of piperazine rings is 1. The van der Waals surface area contributed by atoms with E-state index >= 15 is 0 Å². The Kier molecular flexibility index (Phi) is 5.43. The number of aryl methyl sites for hydroxylation is 1. The highest BCUT2D eigenvalue weighted by Gasteiger charge is 2.33. The first-order valence-corrected chi connectivity index (χ1v) is 9.68. The number of sulfonamides is 1. The molecule has 1 fully saturated rings. The Morgan fingerprint density at radius 3 is 2.76 bits per heavy atom. The molecule has 1 aromatic rings. The SMILES string of the molecule is CCNCc1scc(C)c1S(=O)(=O)N1CCN(C)C(C)C1. The van der Waals surface area contributed by atoms with Gasteiger partial charge in [0.15, 0.2) is 0 Å². The molecule has 1 aliphatic rings. The Hall–Kier alpha value is -0.470. The molecule has 2 rings (SSSR count).